The number of nitrogens with two attached hydrogens (primary N) is 2. The molecule has 0 aliphatic rings. The van der Waals surface area contributed by atoms with Crippen molar-refractivity contribution >= 4 is 21.6 Å². The van der Waals surface area contributed by atoms with E-state index in [0.29, 0.717) is 11.3 Å². The van der Waals surface area contributed by atoms with Crippen molar-refractivity contribution in [2.24, 2.45) is 10.9 Å². The molecule has 5 N–H and O–H groups in total. The van der Waals surface area contributed by atoms with Gasteiger partial charge in [0.05, 0.1) is 5.75 Å². The molecule has 0 saturated carbocycles. The van der Waals surface area contributed by atoms with E-state index in [2.05, 4.69) is 5.32 Å². The molecule has 7 nitrogen and oxygen atoms in total. The van der Waals surface area contributed by atoms with Gasteiger partial charge in [0.15, 0.2) is 0 Å². The van der Waals surface area contributed by atoms with Crippen LogP contribution in [0.4, 0.5) is 5.69 Å². The Morgan fingerprint density at radius 1 is 1.37 bits per heavy atom. The van der Waals surface area contributed by atoms with Crippen LogP contribution < -0.4 is 16.2 Å². The molecule has 19 heavy (non-hydrogen) atoms. The molecule has 1 rings (SSSR count). The summed E-state index contributed by atoms with van der Waals surface area (Å²) in [6, 6.07) is 6.32. The third-order valence-electron chi connectivity index (χ3n) is 2.38. The van der Waals surface area contributed by atoms with E-state index in [4.69, 9.17) is 15.6 Å². The van der Waals surface area contributed by atoms with Crippen LogP contribution >= 0.6 is 0 Å². The first-order valence-corrected chi connectivity index (χ1v) is 7.20. The van der Waals surface area contributed by atoms with Crippen LogP contribution in [-0.4, -0.2) is 34.1 Å². The molecule has 1 aromatic rings. The van der Waals surface area contributed by atoms with Gasteiger partial charge in [-0.25, -0.2) is 13.6 Å². The van der Waals surface area contributed by atoms with Gasteiger partial charge >= 0.3 is 0 Å². The molecule has 1 amide bonds. The number of benzene rings is 1. The fraction of sp³-hybridized carbons (Fsp3) is 0.364. The molecule has 0 bridgehead atoms. The molecular formula is C11H17N3O4S. The van der Waals surface area contributed by atoms with Crippen LogP contribution in [0.15, 0.2) is 24.3 Å². The normalized spacial score (nSPS) is 13.0. The van der Waals surface area contributed by atoms with Crippen molar-refractivity contribution in [3.8, 4) is 0 Å². The predicted octanol–water partition coefficient (Wildman–Crippen LogP) is -0.613. The van der Waals surface area contributed by atoms with Gasteiger partial charge in [0, 0.05) is 19.3 Å². The average molecular weight is 287 g/mol. The van der Waals surface area contributed by atoms with Gasteiger partial charge in [0.25, 0.3) is 5.91 Å². The van der Waals surface area contributed by atoms with E-state index in [9.17, 15) is 13.2 Å². The first-order chi connectivity index (χ1) is 8.85. The van der Waals surface area contributed by atoms with E-state index in [1.54, 1.807) is 24.3 Å². The number of sulfonamides is 1. The molecule has 0 fully saturated rings. The van der Waals surface area contributed by atoms with Crippen LogP contribution in [0.1, 0.15) is 5.56 Å². The van der Waals surface area contributed by atoms with Crippen LogP contribution in [0, 0.1) is 0 Å². The summed E-state index contributed by atoms with van der Waals surface area (Å²) >= 11 is 0. The second-order valence-electron chi connectivity index (χ2n) is 3.95. The highest BCUT2D eigenvalue weighted by Crippen LogP contribution is 2.11. The Labute approximate surface area is 112 Å². The number of amides is 1. The van der Waals surface area contributed by atoms with E-state index in [1.807, 2.05) is 0 Å². The summed E-state index contributed by atoms with van der Waals surface area (Å²) in [4.78, 5) is 11.7. The zero-order valence-electron chi connectivity index (χ0n) is 10.5. The van der Waals surface area contributed by atoms with Crippen LogP contribution in [0.25, 0.3) is 0 Å². The van der Waals surface area contributed by atoms with Crippen molar-refractivity contribution in [3.05, 3.63) is 29.8 Å². The molecule has 0 aromatic heterocycles. The summed E-state index contributed by atoms with van der Waals surface area (Å²) in [5, 5.41) is 7.54. The molecule has 106 valence electrons. The van der Waals surface area contributed by atoms with Crippen molar-refractivity contribution in [2.45, 2.75) is 11.9 Å². The number of ether oxygens (including phenoxy) is 1. The van der Waals surface area contributed by atoms with E-state index in [-0.39, 0.29) is 18.2 Å². The maximum Gasteiger partial charge on any atom is 0.254 e. The van der Waals surface area contributed by atoms with Gasteiger partial charge in [-0.2, -0.15) is 0 Å². The lowest BCUT2D eigenvalue weighted by Crippen LogP contribution is -2.35. The molecule has 0 radical (unpaired) electrons. The number of carbonyl (C=O) groups is 1. The number of primary sulfonamides is 1. The summed E-state index contributed by atoms with van der Waals surface area (Å²) in [5.41, 5.74) is 6.44. The maximum absolute atomic E-state index is 11.7. The van der Waals surface area contributed by atoms with Gasteiger partial charge in [-0.3, -0.25) is 4.79 Å². The van der Waals surface area contributed by atoms with Crippen LogP contribution in [0.3, 0.4) is 0 Å². The average Bonchev–Trinajstić information content (AvgIpc) is 2.31. The zero-order chi connectivity index (χ0) is 14.5. The monoisotopic (exact) mass is 287 g/mol. The van der Waals surface area contributed by atoms with Gasteiger partial charge in [0.1, 0.15) is 6.10 Å². The minimum Gasteiger partial charge on any atom is -0.370 e. The molecular weight excluding hydrogens is 270 g/mol. The maximum atomic E-state index is 11.7. The van der Waals surface area contributed by atoms with Crippen molar-refractivity contribution in [2.75, 3.05) is 19.0 Å². The number of rotatable bonds is 6. The van der Waals surface area contributed by atoms with Crippen LogP contribution in [0.5, 0.6) is 0 Å². The number of carbonyl (C=O) groups excluding carboxylic acids is 1. The predicted molar refractivity (Wildman–Crippen MR) is 71.7 cm³/mol. The van der Waals surface area contributed by atoms with Gasteiger partial charge < -0.3 is 15.8 Å². The number of anilines is 1. The standard InChI is InChI=1S/C11H17N3O4S/c1-18-10(6-12)11(15)14-9-4-2-8(3-5-9)7-19(13,16)17/h2-5,10H,6-7,12H2,1H3,(H,14,15)(H2,13,16,17). The third-order valence-corrected chi connectivity index (χ3v) is 3.12. The number of hydrogen-bond donors (Lipinski definition) is 3. The van der Waals surface area contributed by atoms with Crippen molar-refractivity contribution in [3.63, 3.8) is 0 Å². The van der Waals surface area contributed by atoms with E-state index < -0.39 is 16.1 Å². The Hall–Kier alpha value is -1.48. The van der Waals surface area contributed by atoms with Gasteiger partial charge in [-0.15, -0.1) is 0 Å². The van der Waals surface area contributed by atoms with Gasteiger partial charge in [0.2, 0.25) is 10.0 Å². The summed E-state index contributed by atoms with van der Waals surface area (Å²) < 4.78 is 26.7. The number of methoxy groups -OCH3 is 1. The first-order valence-electron chi connectivity index (χ1n) is 5.49. The highest BCUT2D eigenvalue weighted by molar-refractivity contribution is 7.88. The second kappa shape index (κ2) is 6.62. The van der Waals surface area contributed by atoms with Gasteiger partial charge in [-0.1, -0.05) is 12.1 Å². The van der Waals surface area contributed by atoms with Crippen molar-refractivity contribution in [1.82, 2.24) is 0 Å². The molecule has 8 heteroatoms. The molecule has 0 saturated heterocycles. The fourth-order valence-electron chi connectivity index (χ4n) is 1.45. The van der Waals surface area contributed by atoms with Crippen LogP contribution in [0.2, 0.25) is 0 Å². The molecule has 0 heterocycles. The molecule has 1 aromatic carbocycles. The molecule has 0 aliphatic carbocycles. The second-order valence-corrected chi connectivity index (χ2v) is 5.57. The highest BCUT2D eigenvalue weighted by Gasteiger charge is 2.15. The lowest BCUT2D eigenvalue weighted by Gasteiger charge is -2.13. The molecule has 0 aliphatic heterocycles. The fourth-order valence-corrected chi connectivity index (χ4v) is 2.11. The summed E-state index contributed by atoms with van der Waals surface area (Å²) in [6.07, 6.45) is -0.718. The number of nitrogens with one attached hydrogen (secondary N) is 1. The van der Waals surface area contributed by atoms with Gasteiger partial charge in [-0.05, 0) is 17.7 Å². The van der Waals surface area contributed by atoms with E-state index in [0.717, 1.165) is 0 Å². The summed E-state index contributed by atoms with van der Waals surface area (Å²) in [7, 11) is -2.16. The Kier molecular flexibility index (Phi) is 5.43. The number of hydrogen-bond acceptors (Lipinski definition) is 5. The van der Waals surface area contributed by atoms with E-state index in [1.165, 1.54) is 7.11 Å². The minimum atomic E-state index is -3.56. The Bertz CT molecular complexity index is 523. The summed E-state index contributed by atoms with van der Waals surface area (Å²) in [6.45, 7) is 0.0752. The molecule has 1 unspecified atom stereocenters. The first kappa shape index (κ1) is 15.6. The van der Waals surface area contributed by atoms with Crippen LogP contribution in [-0.2, 0) is 25.3 Å². The zero-order valence-corrected chi connectivity index (χ0v) is 11.3. The lowest BCUT2D eigenvalue weighted by molar-refractivity contribution is -0.125. The topological polar surface area (TPSA) is 125 Å². The lowest BCUT2D eigenvalue weighted by atomic mass is 10.2. The molecule has 1 atom stereocenters. The SMILES string of the molecule is COC(CN)C(=O)Nc1ccc(CS(N)(=O)=O)cc1. The van der Waals surface area contributed by atoms with Crippen molar-refractivity contribution in [1.29, 1.82) is 0 Å². The minimum absolute atomic E-state index is 0.0752. The Morgan fingerprint density at radius 3 is 2.37 bits per heavy atom. The smallest absolute Gasteiger partial charge is 0.254 e. The molecule has 0 spiro atoms. The third kappa shape index (κ3) is 5.35. The summed E-state index contributed by atoms with van der Waals surface area (Å²) in [5.74, 6) is -0.603. The Morgan fingerprint density at radius 2 is 1.95 bits per heavy atom. The van der Waals surface area contributed by atoms with Crippen molar-refractivity contribution < 1.29 is 17.9 Å². The van der Waals surface area contributed by atoms with E-state index >= 15 is 0 Å². The quantitative estimate of drug-likeness (QED) is 0.643. The largest absolute Gasteiger partial charge is 0.370 e. The highest BCUT2D eigenvalue weighted by atomic mass is 32.2. The Balaban J connectivity index is 2.69.